The maximum absolute atomic E-state index is 4.33. The first-order valence-electron chi connectivity index (χ1n) is 4.30. The third-order valence-electron chi connectivity index (χ3n) is 1.76. The Kier molecular flexibility index (Phi) is 3.78. The number of rotatable bonds is 2. The van der Waals surface area contributed by atoms with E-state index in [0.717, 1.165) is 5.71 Å². The molecule has 0 fully saturated rings. The number of aliphatic imine (C=N–C) groups is 1. The van der Waals surface area contributed by atoms with E-state index in [0.29, 0.717) is 6.54 Å². The molecule has 0 bridgehead atoms. The van der Waals surface area contributed by atoms with Crippen LogP contribution in [0.25, 0.3) is 0 Å². The molecule has 0 spiro atoms. The van der Waals surface area contributed by atoms with E-state index in [2.05, 4.69) is 29.0 Å². The van der Waals surface area contributed by atoms with E-state index < -0.39 is 0 Å². The molecule has 0 atom stereocenters. The largest absolute Gasteiger partial charge is 0.277 e. The lowest BCUT2D eigenvalue weighted by Crippen LogP contribution is -1.94. The molecule has 0 N–H and O–H groups in total. The Morgan fingerprint density at radius 2 is 2.00 bits per heavy atom. The zero-order valence-electron chi connectivity index (χ0n) is 8.04. The van der Waals surface area contributed by atoms with Crippen LogP contribution in [0.4, 0.5) is 0 Å². The highest BCUT2D eigenvalue weighted by atomic mass is 14.7. The number of hydrogen-bond acceptors (Lipinski definition) is 1. The first kappa shape index (κ1) is 9.54. The van der Waals surface area contributed by atoms with Crippen molar-refractivity contribution < 1.29 is 0 Å². The van der Waals surface area contributed by atoms with Gasteiger partial charge in [-0.1, -0.05) is 36.3 Å². The van der Waals surface area contributed by atoms with Gasteiger partial charge in [-0.3, -0.25) is 4.99 Å². The van der Waals surface area contributed by atoms with Crippen molar-refractivity contribution in [2.45, 2.75) is 13.8 Å². The maximum Gasteiger partial charge on any atom is 0.100 e. The summed E-state index contributed by atoms with van der Waals surface area (Å²) >= 11 is 0. The molecule has 0 radical (unpaired) electrons. The lowest BCUT2D eigenvalue weighted by atomic mass is 10.1. The van der Waals surface area contributed by atoms with Gasteiger partial charge in [0.25, 0.3) is 0 Å². The molecule has 0 aliphatic rings. The Hall–Kier alpha value is -1.55. The third-order valence-corrected chi connectivity index (χ3v) is 1.76. The van der Waals surface area contributed by atoms with Crippen LogP contribution in [0, 0.1) is 11.8 Å². The molecule has 0 amide bonds. The van der Waals surface area contributed by atoms with E-state index in [4.69, 9.17) is 0 Å². The Balaban J connectivity index is 2.71. The fourth-order valence-electron chi connectivity index (χ4n) is 1.01. The van der Waals surface area contributed by atoms with Gasteiger partial charge in [-0.15, -0.1) is 5.92 Å². The quantitative estimate of drug-likeness (QED) is 0.479. The van der Waals surface area contributed by atoms with Gasteiger partial charge in [0.1, 0.15) is 6.54 Å². The van der Waals surface area contributed by atoms with Gasteiger partial charge >= 0.3 is 0 Å². The lowest BCUT2D eigenvalue weighted by molar-refractivity contribution is 1.27. The smallest absolute Gasteiger partial charge is 0.100 e. The lowest BCUT2D eigenvalue weighted by Gasteiger charge is -1.97. The van der Waals surface area contributed by atoms with Crippen molar-refractivity contribution >= 4 is 5.71 Å². The summed E-state index contributed by atoms with van der Waals surface area (Å²) in [5.41, 5.74) is 2.21. The summed E-state index contributed by atoms with van der Waals surface area (Å²) in [6.07, 6.45) is 0. The predicted molar refractivity (Wildman–Crippen MR) is 57.0 cm³/mol. The van der Waals surface area contributed by atoms with Crippen LogP contribution in [0.1, 0.15) is 19.4 Å². The molecule has 1 rings (SSSR count). The highest BCUT2D eigenvalue weighted by molar-refractivity contribution is 5.98. The highest BCUT2D eigenvalue weighted by Crippen LogP contribution is 2.00. The van der Waals surface area contributed by atoms with Crippen LogP contribution in [-0.4, -0.2) is 12.3 Å². The molecule has 0 aromatic heterocycles. The fourth-order valence-corrected chi connectivity index (χ4v) is 1.01. The summed E-state index contributed by atoms with van der Waals surface area (Å²) in [6, 6.07) is 10.1. The minimum absolute atomic E-state index is 0.594. The minimum atomic E-state index is 0.594. The van der Waals surface area contributed by atoms with Crippen LogP contribution < -0.4 is 0 Å². The molecule has 0 unspecified atom stereocenters. The molecular formula is C12H13N. The van der Waals surface area contributed by atoms with E-state index in [9.17, 15) is 0 Å². The Morgan fingerprint density at radius 1 is 1.31 bits per heavy atom. The number of nitrogens with zero attached hydrogens (tertiary/aromatic N) is 1. The molecule has 1 heteroatoms. The normalized spacial score (nSPS) is 10.5. The van der Waals surface area contributed by atoms with Crippen LogP contribution in [0.2, 0.25) is 0 Å². The second-order valence-corrected chi connectivity index (χ2v) is 2.69. The SMILES string of the molecule is CC#CCN=C(C)c1ccccc1. The van der Waals surface area contributed by atoms with Gasteiger partial charge in [0.05, 0.1) is 0 Å². The van der Waals surface area contributed by atoms with Gasteiger partial charge in [-0.2, -0.15) is 0 Å². The molecule has 0 heterocycles. The van der Waals surface area contributed by atoms with Crippen LogP contribution in [0.3, 0.4) is 0 Å². The number of benzene rings is 1. The number of hydrogen-bond donors (Lipinski definition) is 0. The van der Waals surface area contributed by atoms with Crippen molar-refractivity contribution in [1.82, 2.24) is 0 Å². The minimum Gasteiger partial charge on any atom is -0.277 e. The first-order chi connectivity index (χ1) is 6.34. The summed E-state index contributed by atoms with van der Waals surface area (Å²) in [5, 5.41) is 0. The van der Waals surface area contributed by atoms with Gasteiger partial charge in [-0.25, -0.2) is 0 Å². The maximum atomic E-state index is 4.33. The van der Waals surface area contributed by atoms with Crippen molar-refractivity contribution in [3.05, 3.63) is 35.9 Å². The Morgan fingerprint density at radius 3 is 2.62 bits per heavy atom. The van der Waals surface area contributed by atoms with Crippen molar-refractivity contribution in [3.8, 4) is 11.8 Å². The fraction of sp³-hybridized carbons (Fsp3) is 0.250. The Bertz CT molecular complexity index is 338. The summed E-state index contributed by atoms with van der Waals surface area (Å²) in [7, 11) is 0. The molecule has 1 aromatic carbocycles. The molecule has 0 saturated heterocycles. The second-order valence-electron chi connectivity index (χ2n) is 2.69. The van der Waals surface area contributed by atoms with Gasteiger partial charge in [0, 0.05) is 5.71 Å². The molecule has 0 aliphatic heterocycles. The zero-order valence-corrected chi connectivity index (χ0v) is 8.04. The topological polar surface area (TPSA) is 12.4 Å². The third kappa shape index (κ3) is 3.13. The zero-order chi connectivity index (χ0) is 9.52. The molecule has 66 valence electrons. The van der Waals surface area contributed by atoms with E-state index in [1.807, 2.05) is 32.0 Å². The molecule has 13 heavy (non-hydrogen) atoms. The first-order valence-corrected chi connectivity index (χ1v) is 4.30. The summed E-state index contributed by atoms with van der Waals surface area (Å²) < 4.78 is 0. The van der Waals surface area contributed by atoms with E-state index in [1.165, 1.54) is 5.56 Å². The van der Waals surface area contributed by atoms with E-state index >= 15 is 0 Å². The van der Waals surface area contributed by atoms with Crippen LogP contribution in [0.5, 0.6) is 0 Å². The monoisotopic (exact) mass is 171 g/mol. The average Bonchev–Trinajstić information content (AvgIpc) is 2.19. The molecule has 1 aromatic rings. The molecule has 0 aliphatic carbocycles. The van der Waals surface area contributed by atoms with Crippen molar-refractivity contribution in [1.29, 1.82) is 0 Å². The van der Waals surface area contributed by atoms with Crippen molar-refractivity contribution in [2.75, 3.05) is 6.54 Å². The summed E-state index contributed by atoms with van der Waals surface area (Å²) in [6.45, 7) is 4.43. The Labute approximate surface area is 79.5 Å². The predicted octanol–water partition coefficient (Wildman–Crippen LogP) is 2.52. The van der Waals surface area contributed by atoms with E-state index in [-0.39, 0.29) is 0 Å². The van der Waals surface area contributed by atoms with Gasteiger partial charge < -0.3 is 0 Å². The van der Waals surface area contributed by atoms with Gasteiger partial charge in [-0.05, 0) is 19.4 Å². The van der Waals surface area contributed by atoms with Crippen LogP contribution in [-0.2, 0) is 0 Å². The van der Waals surface area contributed by atoms with Crippen molar-refractivity contribution in [2.24, 2.45) is 4.99 Å². The van der Waals surface area contributed by atoms with Crippen molar-refractivity contribution in [3.63, 3.8) is 0 Å². The molecule has 1 nitrogen and oxygen atoms in total. The van der Waals surface area contributed by atoms with E-state index in [1.54, 1.807) is 0 Å². The average molecular weight is 171 g/mol. The van der Waals surface area contributed by atoms with Crippen LogP contribution >= 0.6 is 0 Å². The van der Waals surface area contributed by atoms with Gasteiger partial charge in [0.15, 0.2) is 0 Å². The van der Waals surface area contributed by atoms with Gasteiger partial charge in [0.2, 0.25) is 0 Å². The molecule has 0 saturated carbocycles. The molecular weight excluding hydrogens is 158 g/mol. The standard InChI is InChI=1S/C12H13N/c1-3-4-10-13-11(2)12-8-6-5-7-9-12/h5-9H,10H2,1-2H3. The van der Waals surface area contributed by atoms with Crippen LogP contribution in [0.15, 0.2) is 35.3 Å². The second kappa shape index (κ2) is 5.16. The summed E-state index contributed by atoms with van der Waals surface area (Å²) in [5.74, 6) is 5.73. The highest BCUT2D eigenvalue weighted by Gasteiger charge is 1.92. The summed E-state index contributed by atoms with van der Waals surface area (Å²) in [4.78, 5) is 4.33.